The number of dihydropyridines is 1. The minimum atomic E-state index is 0. The maximum Gasteiger partial charge on any atom is 0.0682 e. The highest BCUT2D eigenvalue weighted by atomic mass is 35.5. The molecule has 11 heavy (non-hydrogen) atoms. The Morgan fingerprint density at radius 2 is 2.27 bits per heavy atom. The van der Waals surface area contributed by atoms with E-state index < -0.39 is 0 Å². The lowest BCUT2D eigenvalue weighted by Crippen LogP contribution is -2.27. The molecule has 2 N–H and O–H groups in total. The quantitative estimate of drug-likeness (QED) is 0.585. The van der Waals surface area contributed by atoms with Crippen LogP contribution in [0, 0.1) is 0 Å². The van der Waals surface area contributed by atoms with Crippen LogP contribution in [-0.2, 0) is 0 Å². The number of halogens is 2. The summed E-state index contributed by atoms with van der Waals surface area (Å²) >= 11 is 0. The number of aliphatic imine (C=N–C) groups is 1. The fourth-order valence-corrected chi connectivity index (χ4v) is 1.15. The standard InChI is InChI=1S/C6H9N3.2ClH/c1-2-7-3-6-5(1)8-4-9-6;;/h1-2,6,8-9H,3-4H2;2*1H. The Labute approximate surface area is 78.2 Å². The molecule has 64 valence electrons. The predicted molar refractivity (Wildman–Crippen MR) is 50.9 cm³/mol. The number of nitrogens with zero attached hydrogens (tertiary/aromatic N) is 1. The van der Waals surface area contributed by atoms with Crippen LogP contribution in [0.4, 0.5) is 0 Å². The summed E-state index contributed by atoms with van der Waals surface area (Å²) in [7, 11) is 0. The second kappa shape index (κ2) is 4.59. The van der Waals surface area contributed by atoms with Gasteiger partial charge < -0.3 is 5.32 Å². The van der Waals surface area contributed by atoms with E-state index in [-0.39, 0.29) is 24.8 Å². The predicted octanol–water partition coefficient (Wildman–Crippen LogP) is 0.317. The topological polar surface area (TPSA) is 36.4 Å². The first-order valence-electron chi connectivity index (χ1n) is 3.14. The largest absolute Gasteiger partial charge is 0.374 e. The molecular formula is C6H11Cl2N3. The highest BCUT2D eigenvalue weighted by Crippen LogP contribution is 2.06. The van der Waals surface area contributed by atoms with E-state index in [9.17, 15) is 0 Å². The van der Waals surface area contributed by atoms with Gasteiger partial charge in [0.2, 0.25) is 0 Å². The van der Waals surface area contributed by atoms with Crippen molar-refractivity contribution in [3.05, 3.63) is 11.8 Å². The van der Waals surface area contributed by atoms with E-state index in [1.807, 2.05) is 12.3 Å². The summed E-state index contributed by atoms with van der Waals surface area (Å²) in [6.45, 7) is 1.78. The van der Waals surface area contributed by atoms with Gasteiger partial charge in [-0.25, -0.2) is 0 Å². The van der Waals surface area contributed by atoms with E-state index >= 15 is 0 Å². The zero-order valence-electron chi connectivity index (χ0n) is 5.91. The Balaban J connectivity index is 0.000000500. The molecule has 0 aromatic rings. The zero-order valence-corrected chi connectivity index (χ0v) is 7.54. The Bertz CT molecular complexity index is 179. The summed E-state index contributed by atoms with van der Waals surface area (Å²) in [6, 6.07) is 0.468. The third-order valence-corrected chi connectivity index (χ3v) is 1.66. The van der Waals surface area contributed by atoms with Gasteiger partial charge in [0.1, 0.15) is 0 Å². The van der Waals surface area contributed by atoms with Crippen molar-refractivity contribution < 1.29 is 0 Å². The van der Waals surface area contributed by atoms with Crippen molar-refractivity contribution >= 4 is 31.0 Å². The molecule has 1 atom stereocenters. The van der Waals surface area contributed by atoms with Crippen molar-refractivity contribution in [2.75, 3.05) is 13.2 Å². The first-order chi connectivity index (χ1) is 4.47. The minimum absolute atomic E-state index is 0. The van der Waals surface area contributed by atoms with Gasteiger partial charge in [0.05, 0.1) is 19.3 Å². The highest BCUT2D eigenvalue weighted by molar-refractivity contribution is 5.85. The molecule has 0 bridgehead atoms. The number of nitrogens with one attached hydrogen (secondary N) is 2. The highest BCUT2D eigenvalue weighted by Gasteiger charge is 2.19. The molecule has 2 aliphatic heterocycles. The number of hydrogen-bond donors (Lipinski definition) is 2. The van der Waals surface area contributed by atoms with Crippen LogP contribution in [0.2, 0.25) is 0 Å². The second-order valence-corrected chi connectivity index (χ2v) is 2.25. The van der Waals surface area contributed by atoms with E-state index in [1.54, 1.807) is 0 Å². The van der Waals surface area contributed by atoms with Crippen LogP contribution in [0.3, 0.4) is 0 Å². The molecule has 1 unspecified atom stereocenters. The smallest absolute Gasteiger partial charge is 0.0682 e. The normalized spacial score (nSPS) is 25.5. The lowest BCUT2D eigenvalue weighted by molar-refractivity contribution is 0.669. The van der Waals surface area contributed by atoms with Crippen molar-refractivity contribution in [3.8, 4) is 0 Å². The summed E-state index contributed by atoms with van der Waals surface area (Å²) in [4.78, 5) is 4.12. The summed E-state index contributed by atoms with van der Waals surface area (Å²) in [5, 5.41) is 6.48. The molecule has 0 amide bonds. The summed E-state index contributed by atoms with van der Waals surface area (Å²) in [5.74, 6) is 0. The SMILES string of the molecule is C1=NCC2NCNC2=C1.Cl.Cl. The molecule has 1 saturated heterocycles. The van der Waals surface area contributed by atoms with Crippen molar-refractivity contribution in [1.82, 2.24) is 10.6 Å². The molecule has 5 heteroatoms. The lowest BCUT2D eigenvalue weighted by Gasteiger charge is -2.09. The summed E-state index contributed by atoms with van der Waals surface area (Å²) < 4.78 is 0. The number of hydrogen-bond acceptors (Lipinski definition) is 3. The monoisotopic (exact) mass is 195 g/mol. The van der Waals surface area contributed by atoms with Crippen LogP contribution in [0.25, 0.3) is 0 Å². The van der Waals surface area contributed by atoms with Gasteiger partial charge in [-0.2, -0.15) is 0 Å². The van der Waals surface area contributed by atoms with Crippen LogP contribution >= 0.6 is 24.8 Å². The van der Waals surface area contributed by atoms with Gasteiger partial charge in [-0.15, -0.1) is 24.8 Å². The number of allylic oxidation sites excluding steroid dienone is 1. The van der Waals surface area contributed by atoms with Gasteiger partial charge in [-0.05, 0) is 6.08 Å². The first-order valence-corrected chi connectivity index (χ1v) is 3.14. The van der Waals surface area contributed by atoms with Gasteiger partial charge in [0.25, 0.3) is 0 Å². The molecule has 2 heterocycles. The van der Waals surface area contributed by atoms with E-state index in [0.29, 0.717) is 6.04 Å². The molecule has 2 rings (SSSR count). The molecule has 0 saturated carbocycles. The third kappa shape index (κ3) is 2.09. The van der Waals surface area contributed by atoms with E-state index in [1.165, 1.54) is 5.70 Å². The summed E-state index contributed by atoms with van der Waals surface area (Å²) in [6.07, 6.45) is 3.88. The molecule has 0 aliphatic carbocycles. The molecule has 2 aliphatic rings. The lowest BCUT2D eigenvalue weighted by atomic mass is 10.2. The number of fused-ring (bicyclic) bond motifs is 1. The van der Waals surface area contributed by atoms with E-state index in [0.717, 1.165) is 13.2 Å². The van der Waals surface area contributed by atoms with Gasteiger partial charge in [-0.3, -0.25) is 10.3 Å². The molecule has 3 nitrogen and oxygen atoms in total. The maximum absolute atomic E-state index is 4.12. The molecule has 0 radical (unpaired) electrons. The maximum atomic E-state index is 4.12. The molecular weight excluding hydrogens is 185 g/mol. The molecule has 1 fully saturated rings. The van der Waals surface area contributed by atoms with Crippen LogP contribution in [-0.4, -0.2) is 25.5 Å². The average Bonchev–Trinajstić information content (AvgIpc) is 2.33. The molecule has 0 aromatic carbocycles. The summed E-state index contributed by atoms with van der Waals surface area (Å²) in [5.41, 5.74) is 1.28. The van der Waals surface area contributed by atoms with Gasteiger partial charge in [0, 0.05) is 11.9 Å². The minimum Gasteiger partial charge on any atom is -0.374 e. The van der Waals surface area contributed by atoms with Crippen molar-refractivity contribution in [3.63, 3.8) is 0 Å². The van der Waals surface area contributed by atoms with Crippen LogP contribution < -0.4 is 10.6 Å². The molecule has 0 aromatic heterocycles. The second-order valence-electron chi connectivity index (χ2n) is 2.25. The Morgan fingerprint density at radius 1 is 1.45 bits per heavy atom. The average molecular weight is 196 g/mol. The fourth-order valence-electron chi connectivity index (χ4n) is 1.15. The Morgan fingerprint density at radius 3 is 3.00 bits per heavy atom. The first kappa shape index (κ1) is 10.8. The third-order valence-electron chi connectivity index (χ3n) is 1.66. The van der Waals surface area contributed by atoms with Gasteiger partial charge in [0.15, 0.2) is 0 Å². The fraction of sp³-hybridized carbons (Fsp3) is 0.500. The van der Waals surface area contributed by atoms with Gasteiger partial charge >= 0.3 is 0 Å². The van der Waals surface area contributed by atoms with Crippen LogP contribution in [0.15, 0.2) is 16.8 Å². The Hall–Kier alpha value is -0.250. The van der Waals surface area contributed by atoms with Gasteiger partial charge in [-0.1, -0.05) is 0 Å². The zero-order chi connectivity index (χ0) is 6.10. The van der Waals surface area contributed by atoms with Crippen LogP contribution in [0.1, 0.15) is 0 Å². The number of rotatable bonds is 0. The Kier molecular flexibility index (Phi) is 4.49. The van der Waals surface area contributed by atoms with Crippen molar-refractivity contribution in [2.45, 2.75) is 6.04 Å². The van der Waals surface area contributed by atoms with Crippen LogP contribution in [0.5, 0.6) is 0 Å². The van der Waals surface area contributed by atoms with E-state index in [4.69, 9.17) is 0 Å². The van der Waals surface area contributed by atoms with Crippen molar-refractivity contribution in [2.24, 2.45) is 4.99 Å². The van der Waals surface area contributed by atoms with E-state index in [2.05, 4.69) is 15.6 Å². The van der Waals surface area contributed by atoms with Crippen molar-refractivity contribution in [1.29, 1.82) is 0 Å². The molecule has 0 spiro atoms.